The Hall–Kier alpha value is -3.59. The minimum absolute atomic E-state index is 0.0525. The van der Waals surface area contributed by atoms with E-state index in [2.05, 4.69) is 9.88 Å². The van der Waals surface area contributed by atoms with Crippen molar-refractivity contribution in [1.29, 1.82) is 0 Å². The number of imide groups is 1. The Kier molecular flexibility index (Phi) is 6.06. The summed E-state index contributed by atoms with van der Waals surface area (Å²) < 4.78 is 20.8. The predicted molar refractivity (Wildman–Crippen MR) is 141 cm³/mol. The molecule has 0 aliphatic carbocycles. The second kappa shape index (κ2) is 9.31. The zero-order valence-electron chi connectivity index (χ0n) is 21.8. The molecule has 0 spiro atoms. The summed E-state index contributed by atoms with van der Waals surface area (Å²) in [6, 6.07) is 8.95. The number of carbonyl (C=O) groups excluding carboxylic acids is 2. The number of halogens is 1. The molecule has 38 heavy (non-hydrogen) atoms. The molecule has 2 saturated heterocycles. The molecule has 200 valence electrons. The van der Waals surface area contributed by atoms with E-state index in [1.807, 2.05) is 6.07 Å². The number of fused-ring (bicyclic) bond motifs is 4. The van der Waals surface area contributed by atoms with E-state index in [0.29, 0.717) is 40.7 Å². The summed E-state index contributed by atoms with van der Waals surface area (Å²) >= 11 is 0. The number of aromatic hydroxyl groups is 1. The number of carbonyl (C=O) groups is 2. The van der Waals surface area contributed by atoms with Crippen molar-refractivity contribution in [3.05, 3.63) is 59.0 Å². The number of aromatic amines is 1. The Morgan fingerprint density at radius 2 is 1.92 bits per heavy atom. The zero-order chi connectivity index (χ0) is 26.6. The number of phenols is 1. The highest BCUT2D eigenvalue weighted by molar-refractivity contribution is 6.08. The lowest BCUT2D eigenvalue weighted by Crippen LogP contribution is -2.53. The summed E-state index contributed by atoms with van der Waals surface area (Å²) in [5, 5.41) is 10.7. The molecular formula is C29H33FN4O4. The molecule has 1 aromatic heterocycles. The van der Waals surface area contributed by atoms with Crippen LogP contribution in [0.2, 0.25) is 0 Å². The van der Waals surface area contributed by atoms with Crippen molar-refractivity contribution in [3.63, 3.8) is 0 Å². The van der Waals surface area contributed by atoms with Crippen LogP contribution < -0.4 is 4.74 Å². The molecule has 4 heterocycles. The molecule has 3 aliphatic heterocycles. The Morgan fingerprint density at radius 1 is 1.13 bits per heavy atom. The average molecular weight is 521 g/mol. The Balaban J connectivity index is 1.42. The topological polar surface area (TPSA) is 89.1 Å². The number of benzene rings is 2. The third-order valence-corrected chi connectivity index (χ3v) is 8.44. The summed E-state index contributed by atoms with van der Waals surface area (Å²) in [7, 11) is 1.42. The number of piperidine rings is 1. The van der Waals surface area contributed by atoms with Crippen molar-refractivity contribution >= 4 is 22.8 Å². The van der Waals surface area contributed by atoms with E-state index >= 15 is 4.39 Å². The van der Waals surface area contributed by atoms with E-state index in [1.54, 1.807) is 42.2 Å². The van der Waals surface area contributed by atoms with Gasteiger partial charge in [0.05, 0.1) is 7.11 Å². The standard InChI is InChI=1S/C29H33FN4O4/c1-29-17-20-23-21(10-11-22(38-2)24(23)30)31-25(20)26(18-8-6-9-19(35)16-18)34(29)28(37)33(27(29)36)15-7-14-32-12-4-3-5-13-32/h6,8-11,16,26,31,35H,3-5,7,12-15,17H2,1-2H3/t26-,29+/m1/s1. The number of rotatable bonds is 6. The number of urea groups is 1. The van der Waals surface area contributed by atoms with Crippen LogP contribution in [0.1, 0.15) is 55.5 Å². The first-order chi connectivity index (χ1) is 18.3. The van der Waals surface area contributed by atoms with Gasteiger partial charge < -0.3 is 19.7 Å². The van der Waals surface area contributed by atoms with Crippen molar-refractivity contribution < 1.29 is 23.8 Å². The number of methoxy groups -OCH3 is 1. The second-order valence-corrected chi connectivity index (χ2v) is 10.8. The summed E-state index contributed by atoms with van der Waals surface area (Å²) in [4.78, 5) is 36.6. The summed E-state index contributed by atoms with van der Waals surface area (Å²) in [6.45, 7) is 5.07. The fourth-order valence-corrected chi connectivity index (χ4v) is 6.58. The highest BCUT2D eigenvalue weighted by Crippen LogP contribution is 2.49. The average Bonchev–Trinajstić information content (AvgIpc) is 3.36. The molecule has 2 aromatic carbocycles. The molecule has 0 unspecified atom stereocenters. The van der Waals surface area contributed by atoms with Crippen LogP contribution in [0.3, 0.4) is 0 Å². The van der Waals surface area contributed by atoms with E-state index in [1.165, 1.54) is 31.3 Å². The van der Waals surface area contributed by atoms with Crippen LogP contribution in [-0.4, -0.2) is 75.6 Å². The zero-order valence-corrected chi connectivity index (χ0v) is 21.8. The van der Waals surface area contributed by atoms with Crippen molar-refractivity contribution in [1.82, 2.24) is 19.7 Å². The largest absolute Gasteiger partial charge is 0.508 e. The van der Waals surface area contributed by atoms with Crippen LogP contribution in [0.5, 0.6) is 11.5 Å². The third kappa shape index (κ3) is 3.74. The van der Waals surface area contributed by atoms with E-state index < -0.39 is 17.4 Å². The van der Waals surface area contributed by atoms with E-state index in [4.69, 9.17) is 4.74 Å². The maximum Gasteiger partial charge on any atom is 0.328 e. The minimum atomic E-state index is -1.20. The second-order valence-electron chi connectivity index (χ2n) is 10.8. The molecule has 0 saturated carbocycles. The van der Waals surface area contributed by atoms with Crippen molar-refractivity contribution in [3.8, 4) is 11.5 Å². The number of phenolic OH excluding ortho intramolecular Hbond substituents is 1. The van der Waals surface area contributed by atoms with Crippen LogP contribution >= 0.6 is 0 Å². The van der Waals surface area contributed by atoms with Gasteiger partial charge in [-0.25, -0.2) is 9.18 Å². The summed E-state index contributed by atoms with van der Waals surface area (Å²) in [5.74, 6) is -0.593. The summed E-state index contributed by atoms with van der Waals surface area (Å²) in [5.41, 5.74) is 1.32. The number of nitrogens with zero attached hydrogens (tertiary/aromatic N) is 3. The smallest absolute Gasteiger partial charge is 0.328 e. The Labute approximate surface area is 221 Å². The predicted octanol–water partition coefficient (Wildman–Crippen LogP) is 4.57. The molecule has 0 radical (unpaired) electrons. The van der Waals surface area contributed by atoms with Crippen LogP contribution in [-0.2, 0) is 11.2 Å². The first-order valence-corrected chi connectivity index (χ1v) is 13.4. The summed E-state index contributed by atoms with van der Waals surface area (Å²) in [6.07, 6.45) is 4.51. The molecular weight excluding hydrogens is 487 g/mol. The molecule has 2 fully saturated rings. The van der Waals surface area contributed by atoms with Gasteiger partial charge in [-0.15, -0.1) is 0 Å². The maximum atomic E-state index is 15.6. The molecule has 2 N–H and O–H groups in total. The molecule has 6 rings (SSSR count). The first-order valence-electron chi connectivity index (χ1n) is 13.4. The van der Waals surface area contributed by atoms with Gasteiger partial charge in [0.1, 0.15) is 17.3 Å². The van der Waals surface area contributed by atoms with Crippen LogP contribution in [0.4, 0.5) is 9.18 Å². The normalized spacial score (nSPS) is 23.7. The van der Waals surface area contributed by atoms with Crippen molar-refractivity contribution in [2.75, 3.05) is 33.3 Å². The van der Waals surface area contributed by atoms with Crippen molar-refractivity contribution in [2.45, 2.75) is 50.6 Å². The quantitative estimate of drug-likeness (QED) is 0.465. The Morgan fingerprint density at radius 3 is 2.66 bits per heavy atom. The molecule has 3 aliphatic rings. The van der Waals surface area contributed by atoms with E-state index in [9.17, 15) is 14.7 Å². The third-order valence-electron chi connectivity index (χ3n) is 8.44. The lowest BCUT2D eigenvalue weighted by molar-refractivity contribution is -0.133. The van der Waals surface area contributed by atoms with Gasteiger partial charge >= 0.3 is 6.03 Å². The minimum Gasteiger partial charge on any atom is -0.508 e. The number of nitrogens with one attached hydrogen (secondary N) is 1. The van der Waals surface area contributed by atoms with Gasteiger partial charge in [0.25, 0.3) is 5.91 Å². The van der Waals surface area contributed by atoms with Gasteiger partial charge in [-0.3, -0.25) is 14.6 Å². The van der Waals surface area contributed by atoms with Gasteiger partial charge in [0.2, 0.25) is 0 Å². The Bertz CT molecular complexity index is 1420. The lowest BCUT2D eigenvalue weighted by atomic mass is 9.81. The van der Waals surface area contributed by atoms with E-state index in [-0.39, 0.29) is 29.9 Å². The number of likely N-dealkylation sites (tertiary alicyclic amines) is 1. The molecule has 3 amide bonds. The molecule has 2 atom stereocenters. The van der Waals surface area contributed by atoms with Crippen LogP contribution in [0.25, 0.3) is 10.9 Å². The van der Waals surface area contributed by atoms with Gasteiger partial charge in [-0.1, -0.05) is 18.6 Å². The fraction of sp³-hybridized carbons (Fsp3) is 0.448. The highest BCUT2D eigenvalue weighted by Gasteiger charge is 2.60. The van der Waals surface area contributed by atoms with Crippen LogP contribution in [0, 0.1) is 5.82 Å². The van der Waals surface area contributed by atoms with Gasteiger partial charge in [0.15, 0.2) is 11.6 Å². The van der Waals surface area contributed by atoms with Crippen LogP contribution in [0.15, 0.2) is 36.4 Å². The SMILES string of the molecule is COc1ccc2[nH]c3c(c2c1F)C[C@@]1(C)C(=O)N(CCCN2CCCCC2)C(=O)N1[C@@H]3c1cccc(O)c1. The maximum absolute atomic E-state index is 15.6. The number of hydrogen-bond acceptors (Lipinski definition) is 5. The highest BCUT2D eigenvalue weighted by atomic mass is 19.1. The molecule has 3 aromatic rings. The number of H-pyrrole nitrogens is 1. The number of hydrogen-bond donors (Lipinski definition) is 2. The monoisotopic (exact) mass is 520 g/mol. The number of aromatic nitrogens is 1. The van der Waals surface area contributed by atoms with Gasteiger partial charge in [0, 0.05) is 29.6 Å². The van der Waals surface area contributed by atoms with E-state index in [0.717, 1.165) is 19.6 Å². The van der Waals surface area contributed by atoms with Gasteiger partial charge in [-0.2, -0.15) is 0 Å². The number of ether oxygens (including phenoxy) is 1. The molecule has 8 nitrogen and oxygen atoms in total. The fourth-order valence-electron chi connectivity index (χ4n) is 6.58. The molecule has 9 heteroatoms. The molecule has 0 bridgehead atoms. The first kappa shape index (κ1) is 24.7. The van der Waals surface area contributed by atoms with Crippen molar-refractivity contribution in [2.24, 2.45) is 0 Å². The lowest BCUT2D eigenvalue weighted by Gasteiger charge is -2.42. The van der Waals surface area contributed by atoms with Gasteiger partial charge in [-0.05, 0) is 81.2 Å². The number of amides is 3.